The number of amides is 2. The molecule has 0 aliphatic heterocycles. The lowest BCUT2D eigenvalue weighted by Crippen LogP contribution is -2.36. The molecule has 2 aromatic heterocycles. The van der Waals surface area contributed by atoms with Crippen molar-refractivity contribution in [3.8, 4) is 17.3 Å². The van der Waals surface area contributed by atoms with Crippen molar-refractivity contribution in [1.29, 1.82) is 0 Å². The molecule has 168 valence electrons. The van der Waals surface area contributed by atoms with Gasteiger partial charge >= 0.3 is 6.03 Å². The van der Waals surface area contributed by atoms with Crippen molar-refractivity contribution in [1.82, 2.24) is 19.7 Å². The minimum absolute atomic E-state index is 0.0834. The average Bonchev–Trinajstić information content (AvgIpc) is 3.55. The minimum atomic E-state index is -0.159. The first-order valence-electron chi connectivity index (χ1n) is 10.9. The number of methoxy groups -OCH3 is 1. The number of benzene rings is 1. The van der Waals surface area contributed by atoms with Gasteiger partial charge in [-0.1, -0.05) is 19.4 Å². The van der Waals surface area contributed by atoms with Gasteiger partial charge in [0.15, 0.2) is 17.3 Å². The molecule has 1 aromatic carbocycles. The number of phenols is 1. The van der Waals surface area contributed by atoms with Gasteiger partial charge < -0.3 is 20.1 Å². The maximum absolute atomic E-state index is 13.3. The first kappa shape index (κ1) is 21.7. The maximum Gasteiger partial charge on any atom is 0.322 e. The van der Waals surface area contributed by atoms with Crippen LogP contribution in [0.3, 0.4) is 0 Å². The van der Waals surface area contributed by atoms with Crippen LogP contribution >= 0.6 is 0 Å². The molecular formula is C24H29N5O3. The van der Waals surface area contributed by atoms with E-state index in [0.29, 0.717) is 18.0 Å². The molecule has 2 heterocycles. The van der Waals surface area contributed by atoms with E-state index in [1.165, 1.54) is 7.11 Å². The Kier molecular flexibility index (Phi) is 6.30. The second-order valence-corrected chi connectivity index (χ2v) is 8.15. The van der Waals surface area contributed by atoms with Gasteiger partial charge in [0.2, 0.25) is 0 Å². The minimum Gasteiger partial charge on any atom is -0.504 e. The van der Waals surface area contributed by atoms with Gasteiger partial charge in [-0.05, 0) is 61.6 Å². The smallest absolute Gasteiger partial charge is 0.322 e. The van der Waals surface area contributed by atoms with E-state index in [1.807, 2.05) is 30.0 Å². The molecule has 3 aromatic rings. The Balaban J connectivity index is 1.56. The molecule has 2 N–H and O–H groups in total. The summed E-state index contributed by atoms with van der Waals surface area (Å²) in [6, 6.07) is 9.14. The Hall–Kier alpha value is -3.55. The molecule has 0 unspecified atom stereocenters. The summed E-state index contributed by atoms with van der Waals surface area (Å²) in [5.74, 6) is 1.22. The van der Waals surface area contributed by atoms with Crippen molar-refractivity contribution in [3.63, 3.8) is 0 Å². The highest BCUT2D eigenvalue weighted by Crippen LogP contribution is 2.32. The molecule has 0 spiro atoms. The molecule has 0 bridgehead atoms. The fourth-order valence-electron chi connectivity index (χ4n) is 3.75. The number of rotatable bonds is 8. The van der Waals surface area contributed by atoms with Crippen LogP contribution in [-0.2, 0) is 13.0 Å². The zero-order valence-electron chi connectivity index (χ0n) is 18.7. The molecule has 8 heteroatoms. The van der Waals surface area contributed by atoms with Gasteiger partial charge in [0.1, 0.15) is 0 Å². The topological polar surface area (TPSA) is 92.5 Å². The van der Waals surface area contributed by atoms with Crippen molar-refractivity contribution in [2.45, 2.75) is 52.1 Å². The van der Waals surface area contributed by atoms with Crippen molar-refractivity contribution >= 4 is 11.7 Å². The Labute approximate surface area is 187 Å². The molecule has 4 rings (SSSR count). The standard InChI is InChI=1S/C24H29N5O3/c1-4-5-20-19(14-26-29(20)23-12-16(2)10-11-25-23)27-24(31)28(18-7-8-18)15-17-6-9-21(30)22(13-17)32-3/h6,9-14,18,30H,4-5,7-8,15H2,1-3H3,(H,27,31). The zero-order chi connectivity index (χ0) is 22.7. The summed E-state index contributed by atoms with van der Waals surface area (Å²) in [6.45, 7) is 4.55. The Morgan fingerprint density at radius 2 is 2.12 bits per heavy atom. The fraction of sp³-hybridized carbons (Fsp3) is 0.375. The number of hydrogen-bond donors (Lipinski definition) is 2. The number of pyridine rings is 1. The predicted octanol–water partition coefficient (Wildman–Crippen LogP) is 4.44. The fourth-order valence-corrected chi connectivity index (χ4v) is 3.75. The number of hydrogen-bond acceptors (Lipinski definition) is 5. The summed E-state index contributed by atoms with van der Waals surface area (Å²) in [4.78, 5) is 19.5. The normalized spacial score (nSPS) is 13.1. The van der Waals surface area contributed by atoms with Crippen LogP contribution in [0.25, 0.3) is 5.82 Å². The van der Waals surface area contributed by atoms with E-state index in [2.05, 4.69) is 22.3 Å². The van der Waals surface area contributed by atoms with E-state index in [-0.39, 0.29) is 17.8 Å². The number of nitrogens with one attached hydrogen (secondary N) is 1. The summed E-state index contributed by atoms with van der Waals surface area (Å²) in [5, 5.41) is 17.4. The summed E-state index contributed by atoms with van der Waals surface area (Å²) >= 11 is 0. The van der Waals surface area contributed by atoms with Gasteiger partial charge in [0.05, 0.1) is 24.7 Å². The molecule has 1 saturated carbocycles. The second-order valence-electron chi connectivity index (χ2n) is 8.15. The van der Waals surface area contributed by atoms with Gasteiger partial charge in [0, 0.05) is 18.8 Å². The van der Waals surface area contributed by atoms with Crippen LogP contribution < -0.4 is 10.1 Å². The predicted molar refractivity (Wildman–Crippen MR) is 122 cm³/mol. The first-order chi connectivity index (χ1) is 15.5. The number of aromatic hydroxyl groups is 1. The Morgan fingerprint density at radius 1 is 1.31 bits per heavy atom. The van der Waals surface area contributed by atoms with E-state index in [0.717, 1.165) is 48.3 Å². The molecule has 1 aliphatic carbocycles. The van der Waals surface area contributed by atoms with Crippen molar-refractivity contribution in [2.24, 2.45) is 0 Å². The van der Waals surface area contributed by atoms with E-state index in [9.17, 15) is 9.90 Å². The molecule has 8 nitrogen and oxygen atoms in total. The quantitative estimate of drug-likeness (QED) is 0.546. The molecule has 1 aliphatic rings. The van der Waals surface area contributed by atoms with Gasteiger partial charge in [-0.25, -0.2) is 14.5 Å². The lowest BCUT2D eigenvalue weighted by molar-refractivity contribution is 0.206. The number of aryl methyl sites for hydroxylation is 1. The highest BCUT2D eigenvalue weighted by atomic mass is 16.5. The van der Waals surface area contributed by atoms with E-state index < -0.39 is 0 Å². The monoisotopic (exact) mass is 435 g/mol. The van der Waals surface area contributed by atoms with Crippen LogP contribution in [0, 0.1) is 6.92 Å². The van der Waals surface area contributed by atoms with Crippen molar-refractivity contribution in [3.05, 3.63) is 59.5 Å². The number of aromatic nitrogens is 3. The van der Waals surface area contributed by atoms with Gasteiger partial charge in [-0.15, -0.1) is 0 Å². The number of anilines is 1. The van der Waals surface area contributed by atoms with Crippen LogP contribution in [0.2, 0.25) is 0 Å². The first-order valence-corrected chi connectivity index (χ1v) is 10.9. The maximum atomic E-state index is 13.3. The third-order valence-corrected chi connectivity index (χ3v) is 5.56. The number of carbonyl (C=O) groups excluding carboxylic acids is 1. The van der Waals surface area contributed by atoms with E-state index in [1.54, 1.807) is 29.2 Å². The van der Waals surface area contributed by atoms with Gasteiger partial charge in [0.25, 0.3) is 0 Å². The van der Waals surface area contributed by atoms with Gasteiger partial charge in [-0.3, -0.25) is 0 Å². The zero-order valence-corrected chi connectivity index (χ0v) is 18.7. The van der Waals surface area contributed by atoms with Crippen molar-refractivity contribution < 1.29 is 14.6 Å². The average molecular weight is 436 g/mol. The number of urea groups is 1. The molecular weight excluding hydrogens is 406 g/mol. The van der Waals surface area contributed by atoms with Crippen molar-refractivity contribution in [2.75, 3.05) is 12.4 Å². The van der Waals surface area contributed by atoms with Crippen LogP contribution in [0.15, 0.2) is 42.7 Å². The van der Waals surface area contributed by atoms with E-state index >= 15 is 0 Å². The second kappa shape index (κ2) is 9.30. The highest BCUT2D eigenvalue weighted by Gasteiger charge is 2.33. The summed E-state index contributed by atoms with van der Waals surface area (Å²) in [6.07, 6.45) is 7.11. The summed E-state index contributed by atoms with van der Waals surface area (Å²) < 4.78 is 7.01. The third-order valence-electron chi connectivity index (χ3n) is 5.56. The summed E-state index contributed by atoms with van der Waals surface area (Å²) in [7, 11) is 1.51. The lowest BCUT2D eigenvalue weighted by Gasteiger charge is -2.23. The number of phenolic OH excluding ortho intramolecular Hbond substituents is 1. The molecule has 0 saturated heterocycles. The van der Waals surface area contributed by atoms with E-state index in [4.69, 9.17) is 4.74 Å². The molecule has 1 fully saturated rings. The molecule has 0 radical (unpaired) electrons. The number of carbonyl (C=O) groups is 1. The van der Waals surface area contributed by atoms with Gasteiger partial charge in [-0.2, -0.15) is 5.10 Å². The van der Waals surface area contributed by atoms with Crippen LogP contribution in [0.1, 0.15) is 43.0 Å². The Bertz CT molecular complexity index is 1110. The van der Waals surface area contributed by atoms with Crippen LogP contribution in [0.4, 0.5) is 10.5 Å². The molecule has 2 amide bonds. The molecule has 0 atom stereocenters. The highest BCUT2D eigenvalue weighted by molar-refractivity contribution is 5.90. The SMILES string of the molecule is CCCc1c(NC(=O)N(Cc2ccc(O)c(OC)c2)C2CC2)cnn1-c1cc(C)ccn1. The molecule has 32 heavy (non-hydrogen) atoms. The third kappa shape index (κ3) is 4.69. The number of ether oxygens (including phenoxy) is 1. The van der Waals surface area contributed by atoms with Crippen LogP contribution in [0.5, 0.6) is 11.5 Å². The summed E-state index contributed by atoms with van der Waals surface area (Å²) in [5.41, 5.74) is 3.63. The Morgan fingerprint density at radius 3 is 2.81 bits per heavy atom. The van der Waals surface area contributed by atoms with Crippen LogP contribution in [-0.4, -0.2) is 44.0 Å². The number of nitrogens with zero attached hydrogens (tertiary/aromatic N) is 4. The largest absolute Gasteiger partial charge is 0.504 e. The lowest BCUT2D eigenvalue weighted by atomic mass is 10.2.